The maximum absolute atomic E-state index is 5.82. The lowest BCUT2D eigenvalue weighted by Gasteiger charge is -2.28. The number of aromatic nitrogens is 2. The maximum atomic E-state index is 5.82. The van der Waals surface area contributed by atoms with E-state index in [0.29, 0.717) is 6.04 Å². The average molecular weight is 467 g/mol. The minimum Gasteiger partial charge on any atom is -0.351 e. The molecular formula is C23H23BrN4S. The molecule has 3 aromatic rings. The summed E-state index contributed by atoms with van der Waals surface area (Å²) in [6.07, 6.45) is 4.40. The van der Waals surface area contributed by atoms with Gasteiger partial charge in [0.25, 0.3) is 0 Å². The molecular weight excluding hydrogens is 444 g/mol. The van der Waals surface area contributed by atoms with E-state index in [4.69, 9.17) is 12.2 Å². The van der Waals surface area contributed by atoms with Gasteiger partial charge in [0.2, 0.25) is 0 Å². The van der Waals surface area contributed by atoms with Gasteiger partial charge in [-0.3, -0.25) is 4.98 Å². The van der Waals surface area contributed by atoms with E-state index in [0.717, 1.165) is 21.0 Å². The first-order valence-corrected chi connectivity index (χ1v) is 11.2. The molecule has 2 aromatic heterocycles. The number of benzene rings is 1. The molecule has 1 saturated heterocycles. The van der Waals surface area contributed by atoms with E-state index in [1.54, 1.807) is 0 Å². The van der Waals surface area contributed by atoms with Crippen LogP contribution in [-0.4, -0.2) is 14.7 Å². The predicted molar refractivity (Wildman–Crippen MR) is 124 cm³/mol. The van der Waals surface area contributed by atoms with E-state index in [1.165, 1.54) is 29.8 Å². The van der Waals surface area contributed by atoms with Crippen LogP contribution in [0.2, 0.25) is 0 Å². The highest BCUT2D eigenvalue weighted by Gasteiger charge is 2.42. The van der Waals surface area contributed by atoms with E-state index < -0.39 is 0 Å². The van der Waals surface area contributed by atoms with Crippen LogP contribution >= 0.6 is 28.1 Å². The van der Waals surface area contributed by atoms with Crippen molar-refractivity contribution >= 4 is 38.9 Å². The Labute approximate surface area is 185 Å². The van der Waals surface area contributed by atoms with Crippen LogP contribution in [0.25, 0.3) is 0 Å². The van der Waals surface area contributed by atoms with Gasteiger partial charge in [-0.05, 0) is 86.9 Å². The molecule has 0 spiro atoms. The Morgan fingerprint density at radius 2 is 1.86 bits per heavy atom. The summed E-state index contributed by atoms with van der Waals surface area (Å²) in [5.74, 6) is 0. The number of nitrogens with one attached hydrogen (secondary N) is 1. The fourth-order valence-corrected chi connectivity index (χ4v) is 5.16. The smallest absolute Gasteiger partial charge is 0.174 e. The van der Waals surface area contributed by atoms with Gasteiger partial charge in [-0.1, -0.05) is 22.0 Å². The Morgan fingerprint density at radius 3 is 2.52 bits per heavy atom. The van der Waals surface area contributed by atoms with Crippen molar-refractivity contribution in [1.82, 2.24) is 14.9 Å². The van der Waals surface area contributed by atoms with Gasteiger partial charge in [0.05, 0.1) is 17.8 Å². The number of pyridine rings is 1. The summed E-state index contributed by atoms with van der Waals surface area (Å²) in [6.45, 7) is 4.46. The highest BCUT2D eigenvalue weighted by atomic mass is 79.9. The number of nitrogens with zero attached hydrogens (tertiary/aromatic N) is 3. The number of halogens is 1. The summed E-state index contributed by atoms with van der Waals surface area (Å²) >= 11 is 9.37. The number of rotatable bonds is 4. The number of anilines is 1. The Hall–Kier alpha value is -2.18. The fraction of sp³-hybridized carbons (Fsp3) is 0.304. The van der Waals surface area contributed by atoms with E-state index in [2.05, 4.69) is 85.9 Å². The van der Waals surface area contributed by atoms with E-state index in [9.17, 15) is 0 Å². The molecule has 0 unspecified atom stereocenters. The lowest BCUT2D eigenvalue weighted by atomic mass is 9.96. The second-order valence-electron chi connectivity index (χ2n) is 7.90. The molecule has 3 heterocycles. The molecule has 1 N–H and O–H groups in total. The monoisotopic (exact) mass is 466 g/mol. The normalized spacial score (nSPS) is 21.5. The Morgan fingerprint density at radius 1 is 1.10 bits per heavy atom. The first-order chi connectivity index (χ1) is 14.0. The van der Waals surface area contributed by atoms with Gasteiger partial charge in [-0.15, -0.1) is 0 Å². The zero-order chi connectivity index (χ0) is 20.1. The van der Waals surface area contributed by atoms with Crippen molar-refractivity contribution in [3.63, 3.8) is 0 Å². The van der Waals surface area contributed by atoms with Gasteiger partial charge >= 0.3 is 0 Å². The Kier molecular flexibility index (Phi) is 4.71. The molecule has 0 bridgehead atoms. The van der Waals surface area contributed by atoms with Crippen molar-refractivity contribution in [3.8, 4) is 0 Å². The number of aryl methyl sites for hydroxylation is 1. The largest absolute Gasteiger partial charge is 0.351 e. The summed E-state index contributed by atoms with van der Waals surface area (Å²) in [7, 11) is 0. The second kappa shape index (κ2) is 7.26. The van der Waals surface area contributed by atoms with Crippen molar-refractivity contribution in [3.05, 3.63) is 81.8 Å². The van der Waals surface area contributed by atoms with Crippen molar-refractivity contribution < 1.29 is 0 Å². The first kappa shape index (κ1) is 18.8. The lowest BCUT2D eigenvalue weighted by molar-refractivity contribution is 0.562. The predicted octanol–water partition coefficient (Wildman–Crippen LogP) is 5.77. The minimum absolute atomic E-state index is 0.000463. The third-order valence-corrected chi connectivity index (χ3v) is 6.80. The average Bonchev–Trinajstić information content (AvgIpc) is 3.43. The molecule has 6 heteroatoms. The molecule has 1 aromatic carbocycles. The zero-order valence-corrected chi connectivity index (χ0v) is 18.9. The van der Waals surface area contributed by atoms with Crippen LogP contribution in [0.1, 0.15) is 53.6 Å². The molecule has 5 rings (SSSR count). The Bertz CT molecular complexity index is 1060. The van der Waals surface area contributed by atoms with Crippen LogP contribution in [0.3, 0.4) is 0 Å². The van der Waals surface area contributed by atoms with Crippen molar-refractivity contribution in [2.45, 2.75) is 44.8 Å². The van der Waals surface area contributed by atoms with Crippen LogP contribution in [-0.2, 0) is 0 Å². The first-order valence-electron chi connectivity index (χ1n) is 9.99. The summed E-state index contributed by atoms with van der Waals surface area (Å²) in [5, 5.41) is 4.30. The molecule has 2 atom stereocenters. The third-order valence-electron chi connectivity index (χ3n) is 5.96. The van der Waals surface area contributed by atoms with Gasteiger partial charge in [0, 0.05) is 33.8 Å². The third kappa shape index (κ3) is 3.28. The molecule has 0 radical (unpaired) electrons. The molecule has 4 nitrogen and oxygen atoms in total. The minimum atomic E-state index is 0.000463. The maximum Gasteiger partial charge on any atom is 0.174 e. The van der Waals surface area contributed by atoms with Crippen LogP contribution in [0, 0.1) is 13.8 Å². The quantitative estimate of drug-likeness (QED) is 0.494. The van der Waals surface area contributed by atoms with Crippen molar-refractivity contribution in [2.75, 3.05) is 4.90 Å². The highest BCUT2D eigenvalue weighted by Crippen LogP contribution is 2.46. The standard InChI is InChI=1S/C23H23BrN4S/c1-14-13-19(15(2)27(14)17-10-11-17)22-21(20-5-3-4-12-25-20)26-23(29)28(22)18-8-6-16(24)7-9-18/h3-9,12-13,17,21-22H,10-11H2,1-2H3,(H,26,29)/t21-,22-/m1/s1. The van der Waals surface area contributed by atoms with Gasteiger partial charge in [0.1, 0.15) is 0 Å². The zero-order valence-electron chi connectivity index (χ0n) is 16.5. The van der Waals surface area contributed by atoms with E-state index >= 15 is 0 Å². The topological polar surface area (TPSA) is 33.1 Å². The Balaban J connectivity index is 1.66. The summed E-state index contributed by atoms with van der Waals surface area (Å²) < 4.78 is 3.57. The summed E-state index contributed by atoms with van der Waals surface area (Å²) in [6, 6.07) is 17.5. The van der Waals surface area contributed by atoms with Gasteiger partial charge in [-0.25, -0.2) is 0 Å². The van der Waals surface area contributed by atoms with Crippen LogP contribution in [0.15, 0.2) is 59.2 Å². The number of hydrogen-bond acceptors (Lipinski definition) is 2. The van der Waals surface area contributed by atoms with Crippen LogP contribution in [0.5, 0.6) is 0 Å². The summed E-state index contributed by atoms with van der Waals surface area (Å²) in [4.78, 5) is 6.91. The summed E-state index contributed by atoms with van der Waals surface area (Å²) in [5.41, 5.74) is 6.08. The van der Waals surface area contributed by atoms with Crippen LogP contribution < -0.4 is 10.2 Å². The molecule has 29 heavy (non-hydrogen) atoms. The second-order valence-corrected chi connectivity index (χ2v) is 9.20. The molecule has 1 saturated carbocycles. The molecule has 2 fully saturated rings. The molecule has 0 amide bonds. The van der Waals surface area contributed by atoms with Gasteiger partial charge in [0.15, 0.2) is 5.11 Å². The van der Waals surface area contributed by atoms with Crippen molar-refractivity contribution in [2.24, 2.45) is 0 Å². The number of thiocarbonyl (C=S) groups is 1. The van der Waals surface area contributed by atoms with Crippen LogP contribution in [0.4, 0.5) is 5.69 Å². The van der Waals surface area contributed by atoms with E-state index in [-0.39, 0.29) is 12.1 Å². The van der Waals surface area contributed by atoms with Gasteiger partial charge in [-0.2, -0.15) is 0 Å². The molecule has 2 aliphatic rings. The lowest BCUT2D eigenvalue weighted by Crippen LogP contribution is -2.29. The van der Waals surface area contributed by atoms with Gasteiger partial charge < -0.3 is 14.8 Å². The number of hydrogen-bond donors (Lipinski definition) is 1. The fourth-order valence-electron chi connectivity index (χ4n) is 4.55. The molecule has 1 aliphatic heterocycles. The highest BCUT2D eigenvalue weighted by molar-refractivity contribution is 9.10. The van der Waals surface area contributed by atoms with E-state index in [1.807, 2.05) is 18.3 Å². The van der Waals surface area contributed by atoms with Crippen molar-refractivity contribution in [1.29, 1.82) is 0 Å². The molecule has 148 valence electrons. The SMILES string of the molecule is Cc1cc([C@@H]2[C@@H](c3ccccn3)NC(=S)N2c2ccc(Br)cc2)c(C)n1C1CC1. The molecule has 1 aliphatic carbocycles.